The van der Waals surface area contributed by atoms with E-state index in [9.17, 15) is 4.21 Å². The molecule has 0 spiro atoms. The van der Waals surface area contributed by atoms with Gasteiger partial charge in [0.25, 0.3) is 0 Å². The Morgan fingerprint density at radius 2 is 1.89 bits per heavy atom. The van der Waals surface area contributed by atoms with Crippen molar-refractivity contribution in [2.45, 2.75) is 49.8 Å². The second-order valence-electron chi connectivity index (χ2n) is 4.43. The third-order valence-electron chi connectivity index (χ3n) is 3.05. The van der Waals surface area contributed by atoms with Crippen LogP contribution in [0, 0.1) is 0 Å². The van der Waals surface area contributed by atoms with E-state index in [0.717, 1.165) is 24.3 Å². The summed E-state index contributed by atoms with van der Waals surface area (Å²) in [7, 11) is -0.991. The molecular weight excluding hydrogens is 266 g/mol. The lowest BCUT2D eigenvalue weighted by atomic mass is 10.1. The van der Waals surface area contributed by atoms with Crippen LogP contribution in [0.1, 0.15) is 33.6 Å². The lowest BCUT2D eigenvalue weighted by molar-refractivity contribution is 0.486. The molecule has 0 amide bonds. The molecule has 0 aliphatic heterocycles. The SMILES string of the molecule is CCCNC(CC)C(C)S(=O)c1ccc(Cl)cc1. The molecule has 0 aromatic heterocycles. The summed E-state index contributed by atoms with van der Waals surface area (Å²) >= 11 is 5.84. The van der Waals surface area contributed by atoms with Gasteiger partial charge in [0.05, 0.1) is 16.0 Å². The minimum atomic E-state index is -0.991. The van der Waals surface area contributed by atoms with Crippen LogP contribution >= 0.6 is 11.6 Å². The van der Waals surface area contributed by atoms with Gasteiger partial charge in [-0.05, 0) is 50.6 Å². The molecule has 0 saturated heterocycles. The quantitative estimate of drug-likeness (QED) is 0.830. The lowest BCUT2D eigenvalue weighted by Crippen LogP contribution is -2.40. The van der Waals surface area contributed by atoms with Gasteiger partial charge in [-0.2, -0.15) is 0 Å². The average Bonchev–Trinajstić information content (AvgIpc) is 2.39. The van der Waals surface area contributed by atoms with Crippen molar-refractivity contribution in [2.24, 2.45) is 0 Å². The fourth-order valence-corrected chi connectivity index (χ4v) is 3.45. The minimum Gasteiger partial charge on any atom is -0.313 e. The fraction of sp³-hybridized carbons (Fsp3) is 0.571. The summed E-state index contributed by atoms with van der Waals surface area (Å²) in [5, 5.41) is 4.24. The standard InChI is InChI=1S/C14H22ClNOS/c1-4-10-16-14(5-2)11(3)18(17)13-8-6-12(15)7-9-13/h6-9,11,14,16H,4-5,10H2,1-3H3. The minimum absolute atomic E-state index is 0.0997. The Hall–Kier alpha value is -0.380. The average molecular weight is 288 g/mol. The van der Waals surface area contributed by atoms with E-state index in [2.05, 4.69) is 19.2 Å². The van der Waals surface area contributed by atoms with Crippen LogP contribution in [0.4, 0.5) is 0 Å². The normalized spacial score (nSPS) is 16.2. The molecule has 0 saturated carbocycles. The van der Waals surface area contributed by atoms with Gasteiger partial charge in [-0.15, -0.1) is 0 Å². The second kappa shape index (κ2) is 7.93. The number of benzene rings is 1. The van der Waals surface area contributed by atoms with Crippen molar-refractivity contribution >= 4 is 22.4 Å². The van der Waals surface area contributed by atoms with E-state index in [-0.39, 0.29) is 5.25 Å². The first-order valence-electron chi connectivity index (χ1n) is 6.49. The van der Waals surface area contributed by atoms with Gasteiger partial charge in [-0.3, -0.25) is 4.21 Å². The summed E-state index contributed by atoms with van der Waals surface area (Å²) in [5.74, 6) is 0. The predicted octanol–water partition coefficient (Wildman–Crippen LogP) is 3.61. The van der Waals surface area contributed by atoms with Gasteiger partial charge in [-0.25, -0.2) is 0 Å². The first-order valence-corrected chi connectivity index (χ1v) is 8.08. The molecule has 4 heteroatoms. The molecule has 0 fully saturated rings. The fourth-order valence-electron chi connectivity index (χ4n) is 1.90. The molecule has 1 N–H and O–H groups in total. The third kappa shape index (κ3) is 4.38. The molecule has 102 valence electrons. The second-order valence-corrected chi connectivity index (χ2v) is 6.67. The van der Waals surface area contributed by atoms with E-state index in [1.54, 1.807) is 12.1 Å². The summed E-state index contributed by atoms with van der Waals surface area (Å²) < 4.78 is 12.4. The number of halogens is 1. The maximum Gasteiger partial charge on any atom is 0.0573 e. The van der Waals surface area contributed by atoms with Gasteiger partial charge in [0.15, 0.2) is 0 Å². The monoisotopic (exact) mass is 287 g/mol. The zero-order valence-electron chi connectivity index (χ0n) is 11.3. The smallest absolute Gasteiger partial charge is 0.0573 e. The first kappa shape index (κ1) is 15.7. The highest BCUT2D eigenvalue weighted by atomic mass is 35.5. The van der Waals surface area contributed by atoms with Gasteiger partial charge in [0, 0.05) is 16.0 Å². The van der Waals surface area contributed by atoms with Crippen LogP contribution in [0.15, 0.2) is 29.2 Å². The molecule has 0 radical (unpaired) electrons. The van der Waals surface area contributed by atoms with Crippen molar-refractivity contribution in [3.05, 3.63) is 29.3 Å². The van der Waals surface area contributed by atoms with Crippen LogP contribution in [-0.4, -0.2) is 22.0 Å². The molecule has 0 aliphatic carbocycles. The Labute approximate surface area is 118 Å². The number of hydrogen-bond donors (Lipinski definition) is 1. The van der Waals surface area contributed by atoms with Crippen molar-refractivity contribution in [1.82, 2.24) is 5.32 Å². The van der Waals surface area contributed by atoms with Crippen LogP contribution < -0.4 is 5.32 Å². The van der Waals surface area contributed by atoms with Crippen LogP contribution in [0.25, 0.3) is 0 Å². The van der Waals surface area contributed by atoms with Crippen LogP contribution in [0.2, 0.25) is 5.02 Å². The van der Waals surface area contributed by atoms with Gasteiger partial charge in [-0.1, -0.05) is 25.4 Å². The molecule has 2 nitrogen and oxygen atoms in total. The predicted molar refractivity (Wildman–Crippen MR) is 79.7 cm³/mol. The lowest BCUT2D eigenvalue weighted by Gasteiger charge is -2.23. The Morgan fingerprint density at radius 1 is 1.28 bits per heavy atom. The molecule has 18 heavy (non-hydrogen) atoms. The zero-order valence-corrected chi connectivity index (χ0v) is 12.9. The molecule has 1 aromatic rings. The largest absolute Gasteiger partial charge is 0.313 e. The molecule has 0 bridgehead atoms. The van der Waals surface area contributed by atoms with E-state index in [4.69, 9.17) is 11.6 Å². The van der Waals surface area contributed by atoms with E-state index in [1.807, 2.05) is 19.1 Å². The van der Waals surface area contributed by atoms with Crippen molar-refractivity contribution < 1.29 is 4.21 Å². The Morgan fingerprint density at radius 3 is 2.39 bits per heavy atom. The van der Waals surface area contributed by atoms with E-state index in [1.165, 1.54) is 0 Å². The summed E-state index contributed by atoms with van der Waals surface area (Å²) in [5.41, 5.74) is 0. The Balaban J connectivity index is 2.72. The highest BCUT2D eigenvalue weighted by Gasteiger charge is 2.21. The van der Waals surface area contributed by atoms with Gasteiger partial charge < -0.3 is 5.32 Å². The highest BCUT2D eigenvalue weighted by Crippen LogP contribution is 2.18. The van der Waals surface area contributed by atoms with E-state index >= 15 is 0 Å². The Kier molecular flexibility index (Phi) is 6.90. The van der Waals surface area contributed by atoms with Crippen LogP contribution in [0.5, 0.6) is 0 Å². The van der Waals surface area contributed by atoms with Crippen LogP contribution in [-0.2, 0) is 10.8 Å². The molecule has 1 rings (SSSR count). The summed E-state index contributed by atoms with van der Waals surface area (Å²) in [4.78, 5) is 0.851. The van der Waals surface area contributed by atoms with Gasteiger partial charge >= 0.3 is 0 Å². The first-order chi connectivity index (χ1) is 8.60. The molecule has 0 aliphatic rings. The van der Waals surface area contributed by atoms with Crippen molar-refractivity contribution in [1.29, 1.82) is 0 Å². The van der Waals surface area contributed by atoms with Gasteiger partial charge in [0.1, 0.15) is 0 Å². The maximum absolute atomic E-state index is 12.4. The van der Waals surface area contributed by atoms with Crippen LogP contribution in [0.3, 0.4) is 0 Å². The summed E-state index contributed by atoms with van der Waals surface area (Å²) in [6, 6.07) is 7.58. The number of rotatable bonds is 7. The van der Waals surface area contributed by atoms with Crippen molar-refractivity contribution in [2.75, 3.05) is 6.54 Å². The van der Waals surface area contributed by atoms with Crippen molar-refractivity contribution in [3.8, 4) is 0 Å². The molecular formula is C14H22ClNOS. The number of nitrogens with one attached hydrogen (secondary N) is 1. The molecule has 3 atom stereocenters. The molecule has 3 unspecified atom stereocenters. The van der Waals surface area contributed by atoms with E-state index in [0.29, 0.717) is 11.1 Å². The van der Waals surface area contributed by atoms with E-state index < -0.39 is 10.8 Å². The topological polar surface area (TPSA) is 29.1 Å². The summed E-state index contributed by atoms with van der Waals surface area (Å²) in [6.45, 7) is 7.28. The highest BCUT2D eigenvalue weighted by molar-refractivity contribution is 7.85. The summed E-state index contributed by atoms with van der Waals surface area (Å²) in [6.07, 6.45) is 2.08. The molecule has 0 heterocycles. The van der Waals surface area contributed by atoms with Crippen molar-refractivity contribution in [3.63, 3.8) is 0 Å². The zero-order chi connectivity index (χ0) is 13.5. The number of hydrogen-bond acceptors (Lipinski definition) is 2. The third-order valence-corrected chi connectivity index (χ3v) is 5.04. The Bertz CT molecular complexity index is 380. The maximum atomic E-state index is 12.4. The molecule has 1 aromatic carbocycles. The van der Waals surface area contributed by atoms with Gasteiger partial charge in [0.2, 0.25) is 0 Å².